The third-order valence-electron chi connectivity index (χ3n) is 4.89. The van der Waals surface area contributed by atoms with Crippen molar-refractivity contribution in [3.05, 3.63) is 93.8 Å². The van der Waals surface area contributed by atoms with Gasteiger partial charge in [-0.2, -0.15) is 5.26 Å². The third-order valence-corrected chi connectivity index (χ3v) is 4.89. The van der Waals surface area contributed by atoms with Crippen molar-refractivity contribution in [3.63, 3.8) is 0 Å². The monoisotopic (exact) mass is 382 g/mol. The van der Waals surface area contributed by atoms with Crippen molar-refractivity contribution in [2.45, 2.75) is 13.5 Å². The van der Waals surface area contributed by atoms with Crippen LogP contribution >= 0.6 is 0 Å². The molecule has 1 heterocycles. The summed E-state index contributed by atoms with van der Waals surface area (Å²) in [6.07, 6.45) is 1.53. The predicted octanol–water partition coefficient (Wildman–Crippen LogP) is 4.20. The van der Waals surface area contributed by atoms with Crippen LogP contribution in [0.4, 0.5) is 0 Å². The normalized spacial score (nSPS) is 10.8. The second-order valence-electron chi connectivity index (χ2n) is 6.65. The topological polar surface area (TPSA) is 72.1 Å². The van der Waals surface area contributed by atoms with Crippen molar-refractivity contribution in [1.29, 1.82) is 5.26 Å². The zero-order chi connectivity index (χ0) is 20.4. The highest BCUT2D eigenvalue weighted by Crippen LogP contribution is 2.37. The van der Waals surface area contributed by atoms with E-state index in [0.717, 1.165) is 5.56 Å². The van der Waals surface area contributed by atoms with Gasteiger partial charge in [0.25, 0.3) is 0 Å². The fraction of sp³-hybridized carbons (Fsp3) is 0.125. The van der Waals surface area contributed by atoms with E-state index in [1.165, 1.54) is 6.20 Å². The first kappa shape index (κ1) is 18.5. The van der Waals surface area contributed by atoms with Gasteiger partial charge in [0.1, 0.15) is 11.6 Å². The largest absolute Gasteiger partial charge is 0.462 e. The molecule has 0 bridgehead atoms. The number of carbonyl (C=O) groups is 1. The molecule has 142 valence electrons. The van der Waals surface area contributed by atoms with E-state index < -0.39 is 5.97 Å². The molecule has 2 aliphatic carbocycles. The lowest BCUT2D eigenvalue weighted by Gasteiger charge is -2.12. The Morgan fingerprint density at radius 2 is 1.69 bits per heavy atom. The Balaban J connectivity index is 2.15. The summed E-state index contributed by atoms with van der Waals surface area (Å²) in [6, 6.07) is 20.8. The molecule has 0 aliphatic heterocycles. The number of ether oxygens (including phenoxy) is 1. The van der Waals surface area contributed by atoms with E-state index in [1.807, 2.05) is 54.6 Å². The van der Waals surface area contributed by atoms with Crippen LogP contribution in [0, 0.1) is 11.3 Å². The molecule has 0 unspecified atom stereocenters. The zero-order valence-corrected chi connectivity index (χ0v) is 15.9. The molecule has 0 spiro atoms. The number of nitriles is 1. The molecular weight excluding hydrogens is 364 g/mol. The summed E-state index contributed by atoms with van der Waals surface area (Å²) in [7, 11) is 0. The highest BCUT2D eigenvalue weighted by atomic mass is 16.5. The van der Waals surface area contributed by atoms with Gasteiger partial charge in [-0.05, 0) is 23.6 Å². The van der Waals surface area contributed by atoms with Crippen LogP contribution in [0.25, 0.3) is 22.0 Å². The highest BCUT2D eigenvalue weighted by Gasteiger charge is 2.28. The Labute approximate surface area is 167 Å². The number of rotatable bonds is 4. The number of hydrogen-bond donors (Lipinski definition) is 0. The molecule has 5 heteroatoms. The molecule has 2 aliphatic rings. The van der Waals surface area contributed by atoms with Crippen LogP contribution in [0.1, 0.15) is 28.4 Å². The smallest absolute Gasteiger partial charge is 0.340 e. The van der Waals surface area contributed by atoms with Crippen LogP contribution in [0.5, 0.6) is 0 Å². The maximum atomic E-state index is 13.1. The number of nitrogens with zero attached hydrogens (tertiary/aromatic N) is 2. The lowest BCUT2D eigenvalue weighted by atomic mass is 10.1. The Morgan fingerprint density at radius 1 is 1.03 bits per heavy atom. The van der Waals surface area contributed by atoms with Gasteiger partial charge in [-0.3, -0.25) is 4.79 Å². The standard InChI is InChI=1S/C24H18N2O3/c1-2-29-24(28)21-19-12-8-4-7-11-18(19)20-22(21)26(15-17(13-25)23(20)27)14-16-9-5-3-6-10-16/h3-12,15H,2,14H2,1H3. The summed E-state index contributed by atoms with van der Waals surface area (Å²) in [5.41, 5.74) is 2.78. The highest BCUT2D eigenvalue weighted by molar-refractivity contribution is 6.16. The van der Waals surface area contributed by atoms with Gasteiger partial charge in [0.2, 0.25) is 5.43 Å². The van der Waals surface area contributed by atoms with E-state index >= 15 is 0 Å². The Kier molecular flexibility index (Phi) is 4.84. The van der Waals surface area contributed by atoms with Crippen molar-refractivity contribution < 1.29 is 9.53 Å². The summed E-state index contributed by atoms with van der Waals surface area (Å²) in [6.45, 7) is 2.39. The van der Waals surface area contributed by atoms with E-state index in [4.69, 9.17) is 4.74 Å². The minimum absolute atomic E-state index is 0.0437. The van der Waals surface area contributed by atoms with Gasteiger partial charge >= 0.3 is 5.97 Å². The SMILES string of the molecule is CCOC(=O)c1c2cccccc-2c2c(=O)c(C#N)cn(Cc3ccccc3)c12. The molecule has 1 aromatic carbocycles. The van der Waals surface area contributed by atoms with Gasteiger partial charge in [-0.15, -0.1) is 0 Å². The summed E-state index contributed by atoms with van der Waals surface area (Å²) < 4.78 is 7.12. The second-order valence-corrected chi connectivity index (χ2v) is 6.65. The maximum absolute atomic E-state index is 13.1. The van der Waals surface area contributed by atoms with E-state index in [1.54, 1.807) is 23.6 Å². The molecule has 0 saturated heterocycles. The van der Waals surface area contributed by atoms with Crippen LogP contribution in [0.15, 0.2) is 71.7 Å². The fourth-order valence-electron chi connectivity index (χ4n) is 3.69. The summed E-state index contributed by atoms with van der Waals surface area (Å²) in [4.78, 5) is 26.0. The van der Waals surface area contributed by atoms with E-state index in [0.29, 0.717) is 34.1 Å². The van der Waals surface area contributed by atoms with Gasteiger partial charge in [0.05, 0.1) is 23.1 Å². The number of carbonyl (C=O) groups excluding carboxylic acids is 1. The average Bonchev–Trinajstić information content (AvgIpc) is 2.87. The van der Waals surface area contributed by atoms with Crippen LogP contribution in [0.3, 0.4) is 0 Å². The van der Waals surface area contributed by atoms with Gasteiger partial charge in [0.15, 0.2) is 0 Å². The van der Waals surface area contributed by atoms with Crippen LogP contribution < -0.4 is 5.43 Å². The lowest BCUT2D eigenvalue weighted by Crippen LogP contribution is -2.15. The quantitative estimate of drug-likeness (QED) is 0.496. The molecule has 0 saturated carbocycles. The summed E-state index contributed by atoms with van der Waals surface area (Å²) >= 11 is 0. The Bertz CT molecular complexity index is 1280. The molecule has 0 atom stereocenters. The first-order valence-corrected chi connectivity index (χ1v) is 9.34. The minimum atomic E-state index is -0.482. The van der Waals surface area contributed by atoms with E-state index in [2.05, 4.69) is 0 Å². The predicted molar refractivity (Wildman–Crippen MR) is 111 cm³/mol. The van der Waals surface area contributed by atoms with E-state index in [9.17, 15) is 14.9 Å². The van der Waals surface area contributed by atoms with Gasteiger partial charge < -0.3 is 9.30 Å². The first-order valence-electron chi connectivity index (χ1n) is 9.34. The zero-order valence-electron chi connectivity index (χ0n) is 15.9. The van der Waals surface area contributed by atoms with Crippen LogP contribution in [-0.4, -0.2) is 17.1 Å². The Morgan fingerprint density at radius 3 is 2.34 bits per heavy atom. The van der Waals surface area contributed by atoms with Gasteiger partial charge in [0, 0.05) is 12.7 Å². The van der Waals surface area contributed by atoms with Crippen molar-refractivity contribution in [2.24, 2.45) is 0 Å². The average molecular weight is 382 g/mol. The molecule has 2 aromatic rings. The molecule has 0 amide bonds. The first-order chi connectivity index (χ1) is 14.2. The molecule has 0 radical (unpaired) electrons. The number of fused-ring (bicyclic) bond motifs is 3. The van der Waals surface area contributed by atoms with Gasteiger partial charge in [-0.1, -0.05) is 60.7 Å². The van der Waals surface area contributed by atoms with E-state index in [-0.39, 0.29) is 17.6 Å². The molecule has 0 fully saturated rings. The molecule has 1 aromatic heterocycles. The van der Waals surface area contributed by atoms with Crippen molar-refractivity contribution in [2.75, 3.05) is 6.61 Å². The Hall–Kier alpha value is -3.91. The van der Waals surface area contributed by atoms with Crippen molar-refractivity contribution in [1.82, 2.24) is 4.57 Å². The third kappa shape index (κ3) is 3.15. The second kappa shape index (κ2) is 7.61. The van der Waals surface area contributed by atoms with Gasteiger partial charge in [-0.25, -0.2) is 4.79 Å². The van der Waals surface area contributed by atoms with Crippen molar-refractivity contribution >= 4 is 16.9 Å². The van der Waals surface area contributed by atoms with Crippen LogP contribution in [0.2, 0.25) is 0 Å². The minimum Gasteiger partial charge on any atom is -0.462 e. The van der Waals surface area contributed by atoms with Crippen LogP contribution in [-0.2, 0) is 11.3 Å². The number of hydrogen-bond acceptors (Lipinski definition) is 4. The molecular formula is C24H18N2O3. The van der Waals surface area contributed by atoms with Crippen molar-refractivity contribution in [3.8, 4) is 17.2 Å². The summed E-state index contributed by atoms with van der Waals surface area (Å²) in [5.74, 6) is -0.482. The number of benzene rings is 1. The fourth-order valence-corrected chi connectivity index (χ4v) is 3.69. The number of esters is 1. The molecule has 5 nitrogen and oxygen atoms in total. The maximum Gasteiger partial charge on any atom is 0.340 e. The number of aromatic nitrogens is 1. The summed E-state index contributed by atoms with van der Waals surface area (Å²) in [5, 5.41) is 9.90. The lowest BCUT2D eigenvalue weighted by molar-refractivity contribution is 0.0529. The molecule has 0 N–H and O–H groups in total. The molecule has 4 rings (SSSR count). The molecule has 29 heavy (non-hydrogen) atoms. The number of pyridine rings is 1.